The van der Waals surface area contributed by atoms with E-state index in [1.54, 1.807) is 6.07 Å². The van der Waals surface area contributed by atoms with E-state index in [9.17, 15) is 10.1 Å². The fourth-order valence-electron chi connectivity index (χ4n) is 1.85. The Labute approximate surface area is 106 Å². The van der Waals surface area contributed by atoms with Gasteiger partial charge in [0.15, 0.2) is 0 Å². The van der Waals surface area contributed by atoms with Crippen molar-refractivity contribution in [3.63, 3.8) is 0 Å². The van der Waals surface area contributed by atoms with E-state index in [0.29, 0.717) is 5.82 Å². The molecule has 1 aliphatic rings. The zero-order valence-corrected chi connectivity index (χ0v) is 10.6. The van der Waals surface area contributed by atoms with E-state index < -0.39 is 4.92 Å². The Morgan fingerprint density at radius 3 is 2.61 bits per heavy atom. The first-order chi connectivity index (χ1) is 8.56. The molecule has 1 saturated heterocycles. The van der Waals surface area contributed by atoms with Crippen molar-refractivity contribution in [1.29, 1.82) is 0 Å². The Bertz CT molecular complexity index is 443. The number of rotatable bonds is 3. The van der Waals surface area contributed by atoms with Gasteiger partial charge in [0.25, 0.3) is 0 Å². The summed E-state index contributed by atoms with van der Waals surface area (Å²) in [7, 11) is 2.06. The molecule has 0 saturated carbocycles. The van der Waals surface area contributed by atoms with Crippen molar-refractivity contribution in [2.45, 2.75) is 6.92 Å². The lowest BCUT2D eigenvalue weighted by Gasteiger charge is -2.32. The Morgan fingerprint density at radius 2 is 2.00 bits per heavy atom. The van der Waals surface area contributed by atoms with Crippen molar-refractivity contribution in [3.8, 4) is 0 Å². The van der Waals surface area contributed by atoms with Crippen LogP contribution in [0, 0.1) is 17.0 Å². The van der Waals surface area contributed by atoms with Crippen LogP contribution in [0.15, 0.2) is 12.1 Å². The first-order valence-electron chi connectivity index (χ1n) is 5.88. The molecule has 0 bridgehead atoms. The number of nitrogens with zero attached hydrogens (tertiary/aromatic N) is 4. The molecule has 2 heterocycles. The summed E-state index contributed by atoms with van der Waals surface area (Å²) in [4.78, 5) is 16.9. The molecule has 0 radical (unpaired) electrons. The molecule has 7 heteroatoms. The third-order valence-corrected chi connectivity index (χ3v) is 2.98. The lowest BCUT2D eigenvalue weighted by Crippen LogP contribution is -2.47. The van der Waals surface area contributed by atoms with E-state index in [4.69, 9.17) is 0 Å². The molecule has 1 aromatic rings. The van der Waals surface area contributed by atoms with Crippen molar-refractivity contribution < 1.29 is 4.92 Å². The first-order valence-corrected chi connectivity index (χ1v) is 5.88. The summed E-state index contributed by atoms with van der Waals surface area (Å²) >= 11 is 0. The third-order valence-electron chi connectivity index (χ3n) is 2.98. The smallest absolute Gasteiger partial charge is 0.304 e. The molecule has 1 aromatic heterocycles. The highest BCUT2D eigenvalue weighted by Gasteiger charge is 2.20. The summed E-state index contributed by atoms with van der Waals surface area (Å²) in [6, 6.07) is 3.13. The highest BCUT2D eigenvalue weighted by molar-refractivity contribution is 5.55. The second-order valence-corrected chi connectivity index (χ2v) is 4.48. The van der Waals surface area contributed by atoms with Crippen LogP contribution in [-0.2, 0) is 0 Å². The van der Waals surface area contributed by atoms with Crippen molar-refractivity contribution >= 4 is 11.5 Å². The highest BCUT2D eigenvalue weighted by Crippen LogP contribution is 2.22. The second kappa shape index (κ2) is 5.28. The summed E-state index contributed by atoms with van der Waals surface area (Å²) in [6.45, 7) is 5.34. The Balaban J connectivity index is 2.12. The quantitative estimate of drug-likeness (QED) is 0.634. The molecular weight excluding hydrogens is 234 g/mol. The summed E-state index contributed by atoms with van der Waals surface area (Å²) in [5.74, 6) is 0.324. The van der Waals surface area contributed by atoms with Crippen molar-refractivity contribution in [2.75, 3.05) is 38.7 Å². The SMILES string of the molecule is Cc1ccc([N+](=O)[O-])c(NN2CCN(C)CC2)n1. The number of hydrogen-bond acceptors (Lipinski definition) is 6. The topological polar surface area (TPSA) is 74.5 Å². The van der Waals surface area contributed by atoms with Gasteiger partial charge in [0.2, 0.25) is 5.82 Å². The molecule has 7 nitrogen and oxygen atoms in total. The molecule has 0 unspecified atom stereocenters. The number of nitrogens with one attached hydrogen (secondary N) is 1. The number of hydrazine groups is 1. The fourth-order valence-corrected chi connectivity index (χ4v) is 1.85. The number of piperazine rings is 1. The van der Waals surface area contributed by atoms with Crippen LogP contribution < -0.4 is 5.43 Å². The van der Waals surface area contributed by atoms with E-state index >= 15 is 0 Å². The van der Waals surface area contributed by atoms with E-state index in [2.05, 4.69) is 22.4 Å². The van der Waals surface area contributed by atoms with Gasteiger partial charge in [0.05, 0.1) is 4.92 Å². The molecule has 0 amide bonds. The zero-order valence-electron chi connectivity index (χ0n) is 10.6. The monoisotopic (exact) mass is 251 g/mol. The van der Waals surface area contributed by atoms with Gasteiger partial charge >= 0.3 is 5.69 Å². The minimum absolute atomic E-state index is 0.0135. The molecule has 18 heavy (non-hydrogen) atoms. The number of pyridine rings is 1. The molecule has 0 aliphatic carbocycles. The van der Waals surface area contributed by atoms with Gasteiger partial charge in [-0.1, -0.05) is 0 Å². The zero-order chi connectivity index (χ0) is 13.1. The number of hydrogen-bond donors (Lipinski definition) is 1. The number of aromatic nitrogens is 1. The number of anilines is 1. The molecular formula is C11H17N5O2. The first kappa shape index (κ1) is 12.7. The maximum absolute atomic E-state index is 10.9. The van der Waals surface area contributed by atoms with Crippen LogP contribution in [-0.4, -0.2) is 53.0 Å². The Kier molecular flexibility index (Phi) is 3.73. The summed E-state index contributed by atoms with van der Waals surface area (Å²) < 4.78 is 0. The van der Waals surface area contributed by atoms with Crippen LogP contribution in [0.5, 0.6) is 0 Å². The van der Waals surface area contributed by atoms with Crippen LogP contribution in [0.4, 0.5) is 11.5 Å². The lowest BCUT2D eigenvalue weighted by atomic mass is 10.3. The molecule has 1 aliphatic heterocycles. The number of nitro groups is 1. The molecule has 98 valence electrons. The largest absolute Gasteiger partial charge is 0.312 e. The third kappa shape index (κ3) is 2.93. The van der Waals surface area contributed by atoms with E-state index in [0.717, 1.165) is 31.9 Å². The summed E-state index contributed by atoms with van der Waals surface area (Å²) in [6.07, 6.45) is 0. The number of likely N-dealkylation sites (N-methyl/N-ethyl adjacent to an activating group) is 1. The molecule has 2 rings (SSSR count). The van der Waals surface area contributed by atoms with Crippen LogP contribution >= 0.6 is 0 Å². The average molecular weight is 251 g/mol. The second-order valence-electron chi connectivity index (χ2n) is 4.48. The van der Waals surface area contributed by atoms with Gasteiger partial charge in [0, 0.05) is 37.9 Å². The molecule has 1 fully saturated rings. The van der Waals surface area contributed by atoms with Crippen LogP contribution in [0.25, 0.3) is 0 Å². The molecule has 0 atom stereocenters. The normalized spacial score (nSPS) is 17.7. The van der Waals surface area contributed by atoms with E-state index in [1.807, 2.05) is 11.9 Å². The predicted octanol–water partition coefficient (Wildman–Crippen LogP) is 0.873. The lowest BCUT2D eigenvalue weighted by molar-refractivity contribution is -0.384. The van der Waals surface area contributed by atoms with Gasteiger partial charge in [-0.2, -0.15) is 0 Å². The van der Waals surface area contributed by atoms with Crippen LogP contribution in [0.1, 0.15) is 5.69 Å². The Morgan fingerprint density at radius 1 is 1.33 bits per heavy atom. The summed E-state index contributed by atoms with van der Waals surface area (Å²) in [5.41, 5.74) is 3.82. The average Bonchev–Trinajstić information content (AvgIpc) is 2.32. The standard InChI is InChI=1S/C11H17N5O2/c1-9-3-4-10(16(17)18)11(12-9)13-15-7-5-14(2)6-8-15/h3-4H,5-8H2,1-2H3,(H,12,13). The highest BCUT2D eigenvalue weighted by atomic mass is 16.6. The van der Waals surface area contributed by atoms with Crippen LogP contribution in [0.3, 0.4) is 0 Å². The fraction of sp³-hybridized carbons (Fsp3) is 0.545. The van der Waals surface area contributed by atoms with E-state index in [1.165, 1.54) is 6.07 Å². The van der Waals surface area contributed by atoms with Gasteiger partial charge in [-0.05, 0) is 20.0 Å². The predicted molar refractivity (Wildman–Crippen MR) is 68.3 cm³/mol. The Hall–Kier alpha value is -1.73. The molecule has 1 N–H and O–H groups in total. The van der Waals surface area contributed by atoms with Crippen molar-refractivity contribution in [1.82, 2.24) is 14.9 Å². The van der Waals surface area contributed by atoms with Gasteiger partial charge < -0.3 is 4.90 Å². The minimum Gasteiger partial charge on any atom is -0.304 e. The molecule has 0 spiro atoms. The number of aryl methyl sites for hydroxylation is 1. The minimum atomic E-state index is -0.412. The molecule has 0 aromatic carbocycles. The van der Waals surface area contributed by atoms with Gasteiger partial charge in [-0.25, -0.2) is 9.99 Å². The maximum atomic E-state index is 10.9. The van der Waals surface area contributed by atoms with Gasteiger partial charge in [0.1, 0.15) is 0 Å². The van der Waals surface area contributed by atoms with Crippen LogP contribution in [0.2, 0.25) is 0 Å². The van der Waals surface area contributed by atoms with E-state index in [-0.39, 0.29) is 5.69 Å². The van der Waals surface area contributed by atoms with Gasteiger partial charge in [-0.15, -0.1) is 0 Å². The van der Waals surface area contributed by atoms with Crippen molar-refractivity contribution in [2.24, 2.45) is 0 Å². The van der Waals surface area contributed by atoms with Gasteiger partial charge in [-0.3, -0.25) is 15.5 Å². The summed E-state index contributed by atoms with van der Waals surface area (Å²) in [5, 5.41) is 12.9. The maximum Gasteiger partial charge on any atom is 0.312 e. The van der Waals surface area contributed by atoms with Crippen molar-refractivity contribution in [3.05, 3.63) is 27.9 Å².